The molecule has 2 aliphatic rings. The number of nitrogens with zero attached hydrogens (tertiary/aromatic N) is 5. The predicted octanol–water partition coefficient (Wildman–Crippen LogP) is 4.59. The Bertz CT molecular complexity index is 1420. The van der Waals surface area contributed by atoms with Gasteiger partial charge in [-0.15, -0.1) is 0 Å². The highest BCUT2D eigenvalue weighted by molar-refractivity contribution is 6.00. The van der Waals surface area contributed by atoms with Gasteiger partial charge in [0.25, 0.3) is 0 Å². The van der Waals surface area contributed by atoms with Crippen LogP contribution in [0, 0.1) is 0 Å². The van der Waals surface area contributed by atoms with Gasteiger partial charge in [0.05, 0.1) is 11.8 Å². The Morgan fingerprint density at radius 3 is 2.33 bits per heavy atom. The highest BCUT2D eigenvalue weighted by atomic mass is 16.1. The average Bonchev–Trinajstić information content (AvgIpc) is 3.35. The minimum atomic E-state index is -0.0321. The molecule has 3 N–H and O–H groups in total. The molecule has 2 aromatic heterocycles. The monoisotopic (exact) mass is 523 g/mol. The van der Waals surface area contributed by atoms with Crippen molar-refractivity contribution in [3.63, 3.8) is 0 Å². The van der Waals surface area contributed by atoms with Gasteiger partial charge >= 0.3 is 0 Å². The first-order valence-electron chi connectivity index (χ1n) is 14.0. The summed E-state index contributed by atoms with van der Waals surface area (Å²) in [4.78, 5) is 26.6. The van der Waals surface area contributed by atoms with E-state index in [1.54, 1.807) is 6.33 Å². The van der Waals surface area contributed by atoms with E-state index in [4.69, 9.17) is 5.73 Å². The van der Waals surface area contributed by atoms with Crippen molar-refractivity contribution in [2.75, 3.05) is 44.3 Å². The van der Waals surface area contributed by atoms with Crippen LogP contribution in [0.2, 0.25) is 0 Å². The third kappa shape index (κ3) is 5.53. The molecular formula is C31H37N7O. The first-order valence-corrected chi connectivity index (χ1v) is 14.0. The van der Waals surface area contributed by atoms with Crippen molar-refractivity contribution in [2.24, 2.45) is 0 Å². The summed E-state index contributed by atoms with van der Waals surface area (Å²) in [5, 5.41) is 3.86. The molecule has 1 aliphatic heterocycles. The lowest BCUT2D eigenvalue weighted by molar-refractivity contribution is -0.115. The molecular weight excluding hydrogens is 486 g/mol. The first-order chi connectivity index (χ1) is 19.0. The van der Waals surface area contributed by atoms with Gasteiger partial charge in [0.1, 0.15) is 17.8 Å². The summed E-state index contributed by atoms with van der Waals surface area (Å²) in [6, 6.07) is 18.8. The van der Waals surface area contributed by atoms with Gasteiger partial charge in [-0.05, 0) is 56.0 Å². The minimum Gasteiger partial charge on any atom is -0.383 e. The molecule has 202 valence electrons. The lowest BCUT2D eigenvalue weighted by Gasteiger charge is -2.41. The number of hydrogen-bond donors (Lipinski definition) is 2. The van der Waals surface area contributed by atoms with Gasteiger partial charge in [-0.25, -0.2) is 9.97 Å². The number of hydrogen-bond acceptors (Lipinski definition) is 6. The summed E-state index contributed by atoms with van der Waals surface area (Å²) in [7, 11) is 2.22. The SMILES string of the molecule is CN1CCN([C@H]2CC[C@H](n3cc(-c4ccc(CC(=O)Nc5ccccc5)cc4)c4c(N)ncnc43)CC2)CC1. The van der Waals surface area contributed by atoms with Crippen LogP contribution < -0.4 is 11.1 Å². The molecule has 1 amide bonds. The van der Waals surface area contributed by atoms with Crippen LogP contribution in [0.1, 0.15) is 37.3 Å². The predicted molar refractivity (Wildman–Crippen MR) is 157 cm³/mol. The quantitative estimate of drug-likeness (QED) is 0.384. The molecule has 3 heterocycles. The summed E-state index contributed by atoms with van der Waals surface area (Å²) >= 11 is 0. The van der Waals surface area contributed by atoms with Gasteiger partial charge in [-0.1, -0.05) is 42.5 Å². The van der Waals surface area contributed by atoms with Crippen molar-refractivity contribution in [3.8, 4) is 11.1 Å². The van der Waals surface area contributed by atoms with Gasteiger partial charge in [0.2, 0.25) is 5.91 Å². The third-order valence-corrected chi connectivity index (χ3v) is 8.44. The van der Waals surface area contributed by atoms with Crippen molar-refractivity contribution in [2.45, 2.75) is 44.2 Å². The van der Waals surface area contributed by atoms with Crippen molar-refractivity contribution in [1.29, 1.82) is 0 Å². The van der Waals surface area contributed by atoms with Crippen molar-refractivity contribution >= 4 is 28.4 Å². The maximum atomic E-state index is 12.5. The van der Waals surface area contributed by atoms with Gasteiger partial charge in [0.15, 0.2) is 0 Å². The maximum absolute atomic E-state index is 12.5. The number of likely N-dealkylation sites (N-methyl/N-ethyl adjacent to an activating group) is 1. The van der Waals surface area contributed by atoms with Crippen LogP contribution >= 0.6 is 0 Å². The molecule has 8 nitrogen and oxygen atoms in total. The second kappa shape index (κ2) is 11.2. The average molecular weight is 524 g/mol. The molecule has 2 aromatic carbocycles. The summed E-state index contributed by atoms with van der Waals surface area (Å²) < 4.78 is 2.34. The number of para-hydroxylation sites is 1. The molecule has 0 atom stereocenters. The zero-order valence-electron chi connectivity index (χ0n) is 22.6. The Morgan fingerprint density at radius 1 is 0.923 bits per heavy atom. The molecule has 0 spiro atoms. The maximum Gasteiger partial charge on any atom is 0.228 e. The Labute approximate surface area is 229 Å². The van der Waals surface area contributed by atoms with E-state index in [9.17, 15) is 4.79 Å². The van der Waals surface area contributed by atoms with Gasteiger partial charge in [-0.3, -0.25) is 9.69 Å². The molecule has 1 aliphatic carbocycles. The van der Waals surface area contributed by atoms with E-state index in [2.05, 4.69) is 55.0 Å². The number of nitrogen functional groups attached to an aromatic ring is 1. The van der Waals surface area contributed by atoms with Crippen LogP contribution in [0.3, 0.4) is 0 Å². The first kappa shape index (κ1) is 25.5. The lowest BCUT2D eigenvalue weighted by Crippen LogP contribution is -2.49. The normalized spacial score (nSPS) is 20.7. The Morgan fingerprint density at radius 2 is 1.62 bits per heavy atom. The topological polar surface area (TPSA) is 92.3 Å². The van der Waals surface area contributed by atoms with Gasteiger partial charge in [-0.2, -0.15) is 0 Å². The highest BCUT2D eigenvalue weighted by Gasteiger charge is 2.30. The van der Waals surface area contributed by atoms with Gasteiger partial charge < -0.3 is 20.5 Å². The molecule has 8 heteroatoms. The fourth-order valence-corrected chi connectivity index (χ4v) is 6.21. The van der Waals surface area contributed by atoms with Crippen LogP contribution in [0.25, 0.3) is 22.2 Å². The fourth-order valence-electron chi connectivity index (χ4n) is 6.21. The fraction of sp³-hybridized carbons (Fsp3) is 0.387. The number of nitrogens with one attached hydrogen (secondary N) is 1. The zero-order chi connectivity index (χ0) is 26.8. The molecule has 0 unspecified atom stereocenters. The number of rotatable bonds is 6. The van der Waals surface area contributed by atoms with E-state index >= 15 is 0 Å². The number of anilines is 2. The largest absolute Gasteiger partial charge is 0.383 e. The van der Waals surface area contributed by atoms with Crippen LogP contribution in [0.4, 0.5) is 11.5 Å². The van der Waals surface area contributed by atoms with Crippen molar-refractivity contribution in [3.05, 3.63) is 72.7 Å². The molecule has 2 fully saturated rings. The molecule has 6 rings (SSSR count). The molecule has 39 heavy (non-hydrogen) atoms. The van der Waals surface area contributed by atoms with Crippen LogP contribution in [-0.4, -0.2) is 69.5 Å². The van der Waals surface area contributed by atoms with E-state index in [-0.39, 0.29) is 5.91 Å². The standard InChI is InChI=1S/C31H37N7O/c1-36-15-17-37(18-16-36)25-11-13-26(14-12-25)38-20-27(29-30(32)33-21-34-31(29)38)23-9-7-22(8-10-23)19-28(39)35-24-5-3-2-4-6-24/h2-10,20-21,25-26H,11-19H2,1H3,(H,35,39)(H2,32,33,34)/t25-,26-. The van der Waals surface area contributed by atoms with E-state index < -0.39 is 0 Å². The van der Waals surface area contributed by atoms with Crippen LogP contribution in [0.5, 0.6) is 0 Å². The van der Waals surface area contributed by atoms with Crippen LogP contribution in [0.15, 0.2) is 67.1 Å². The second-order valence-electron chi connectivity index (χ2n) is 11.0. The second-order valence-corrected chi connectivity index (χ2v) is 11.0. The molecule has 0 bridgehead atoms. The van der Waals surface area contributed by atoms with Gasteiger partial charge in [0, 0.05) is 55.7 Å². The molecule has 1 saturated carbocycles. The smallest absolute Gasteiger partial charge is 0.228 e. The zero-order valence-corrected chi connectivity index (χ0v) is 22.6. The summed E-state index contributed by atoms with van der Waals surface area (Å²) in [5.41, 5.74) is 11.2. The van der Waals surface area contributed by atoms with E-state index in [0.717, 1.165) is 59.3 Å². The summed E-state index contributed by atoms with van der Waals surface area (Å²) in [5.74, 6) is 0.474. The number of carbonyl (C=O) groups is 1. The number of benzene rings is 2. The number of nitrogens with two attached hydrogens (primary N) is 1. The molecule has 4 aromatic rings. The van der Waals surface area contributed by atoms with E-state index in [1.165, 1.54) is 25.9 Å². The number of amides is 1. The molecule has 1 saturated heterocycles. The summed E-state index contributed by atoms with van der Waals surface area (Å²) in [6.45, 7) is 4.68. The third-order valence-electron chi connectivity index (χ3n) is 8.44. The number of fused-ring (bicyclic) bond motifs is 1. The van der Waals surface area contributed by atoms with Crippen molar-refractivity contribution in [1.82, 2.24) is 24.3 Å². The number of piperazine rings is 1. The number of carbonyl (C=O) groups excluding carboxylic acids is 1. The van der Waals surface area contributed by atoms with Crippen molar-refractivity contribution < 1.29 is 4.79 Å². The van der Waals surface area contributed by atoms with Crippen LogP contribution in [-0.2, 0) is 11.2 Å². The Balaban J connectivity index is 1.19. The molecule has 0 radical (unpaired) electrons. The number of aromatic nitrogens is 3. The Hall–Kier alpha value is -3.75. The van der Waals surface area contributed by atoms with E-state index in [1.807, 2.05) is 42.5 Å². The minimum absolute atomic E-state index is 0.0321. The highest BCUT2D eigenvalue weighted by Crippen LogP contribution is 2.39. The Kier molecular flexibility index (Phi) is 7.30. The summed E-state index contributed by atoms with van der Waals surface area (Å²) in [6.07, 6.45) is 8.81. The van der Waals surface area contributed by atoms with E-state index in [0.29, 0.717) is 24.3 Å². The lowest BCUT2D eigenvalue weighted by atomic mass is 9.89.